The van der Waals surface area contributed by atoms with Crippen molar-refractivity contribution in [2.24, 2.45) is 11.8 Å². The Labute approximate surface area is 201 Å². The number of fused-ring (bicyclic) bond motifs is 3. The molecule has 4 nitrogen and oxygen atoms in total. The summed E-state index contributed by atoms with van der Waals surface area (Å²) in [6, 6.07) is 5.06. The van der Waals surface area contributed by atoms with Crippen LogP contribution in [0.15, 0.2) is 76.4 Å². The van der Waals surface area contributed by atoms with E-state index in [0.717, 1.165) is 62.8 Å². The second-order valence-electron chi connectivity index (χ2n) is 8.70. The van der Waals surface area contributed by atoms with Gasteiger partial charge in [-0.3, -0.25) is 0 Å². The first-order valence-electron chi connectivity index (χ1n) is 11.8. The maximum Gasteiger partial charge on any atom is 0.573 e. The highest BCUT2D eigenvalue weighted by Gasteiger charge is 2.38. The SMILES string of the molecule is [O-][S+](NCCCCCCOC1=CC=CC2C3=CCCC=C3CC12)c1ccc(OC(F)(F)F)cc1. The number of nitrogens with one attached hydrogen (secondary N) is 1. The third-order valence-corrected chi connectivity index (χ3v) is 7.48. The summed E-state index contributed by atoms with van der Waals surface area (Å²) in [6.07, 6.45) is 13.8. The highest BCUT2D eigenvalue weighted by Crippen LogP contribution is 2.48. The first-order chi connectivity index (χ1) is 16.4. The van der Waals surface area contributed by atoms with Crippen molar-refractivity contribution in [3.05, 3.63) is 71.6 Å². The van der Waals surface area contributed by atoms with Crippen LogP contribution in [0.2, 0.25) is 0 Å². The summed E-state index contributed by atoms with van der Waals surface area (Å²) in [5.74, 6) is 1.68. The Morgan fingerprint density at radius 2 is 1.79 bits per heavy atom. The zero-order valence-corrected chi connectivity index (χ0v) is 19.8. The quantitative estimate of drug-likeness (QED) is 0.282. The van der Waals surface area contributed by atoms with Crippen LogP contribution in [0, 0.1) is 11.8 Å². The van der Waals surface area contributed by atoms with Crippen LogP contribution >= 0.6 is 0 Å². The first kappa shape index (κ1) is 24.9. The van der Waals surface area contributed by atoms with E-state index in [1.807, 2.05) is 0 Å². The molecular weight excluding hydrogens is 463 g/mol. The van der Waals surface area contributed by atoms with Crippen LogP contribution in [0.1, 0.15) is 44.9 Å². The third-order valence-electron chi connectivity index (χ3n) is 6.31. The second-order valence-corrected chi connectivity index (χ2v) is 10.00. The van der Waals surface area contributed by atoms with Crippen molar-refractivity contribution in [3.63, 3.8) is 0 Å². The van der Waals surface area contributed by atoms with Gasteiger partial charge >= 0.3 is 6.36 Å². The van der Waals surface area contributed by atoms with E-state index in [1.54, 1.807) is 0 Å². The van der Waals surface area contributed by atoms with Crippen molar-refractivity contribution in [2.75, 3.05) is 13.2 Å². The summed E-state index contributed by atoms with van der Waals surface area (Å²) < 4.78 is 61.7. The minimum atomic E-state index is -4.73. The Morgan fingerprint density at radius 1 is 1.03 bits per heavy atom. The molecule has 0 aliphatic heterocycles. The third kappa shape index (κ3) is 6.71. The Kier molecular flexibility index (Phi) is 8.45. The van der Waals surface area contributed by atoms with Crippen molar-refractivity contribution < 1.29 is 27.2 Å². The van der Waals surface area contributed by atoms with Crippen molar-refractivity contribution >= 4 is 11.4 Å². The van der Waals surface area contributed by atoms with Crippen LogP contribution < -0.4 is 9.46 Å². The largest absolute Gasteiger partial charge is 0.593 e. The van der Waals surface area contributed by atoms with Gasteiger partial charge in [-0.05, 0) is 73.6 Å². The zero-order valence-electron chi connectivity index (χ0n) is 19.0. The maximum absolute atomic E-state index is 12.2. The van der Waals surface area contributed by atoms with Crippen LogP contribution in [-0.4, -0.2) is 24.1 Å². The molecule has 184 valence electrons. The molecule has 3 atom stereocenters. The van der Waals surface area contributed by atoms with Crippen LogP contribution in [0.25, 0.3) is 0 Å². The molecule has 3 unspecified atom stereocenters. The molecule has 1 fully saturated rings. The molecule has 0 bridgehead atoms. The van der Waals surface area contributed by atoms with Gasteiger partial charge in [-0.1, -0.05) is 37.1 Å². The van der Waals surface area contributed by atoms with Gasteiger partial charge in [0.25, 0.3) is 0 Å². The van der Waals surface area contributed by atoms with Crippen molar-refractivity contribution in [2.45, 2.75) is 56.2 Å². The van der Waals surface area contributed by atoms with E-state index < -0.39 is 17.7 Å². The summed E-state index contributed by atoms with van der Waals surface area (Å²) in [6.45, 7) is 1.27. The highest BCUT2D eigenvalue weighted by molar-refractivity contribution is 7.89. The van der Waals surface area contributed by atoms with Gasteiger partial charge in [0.05, 0.1) is 18.0 Å². The lowest BCUT2D eigenvalue weighted by Gasteiger charge is -2.24. The molecule has 8 heteroatoms. The maximum atomic E-state index is 12.2. The molecule has 0 aromatic heterocycles. The van der Waals surface area contributed by atoms with E-state index in [9.17, 15) is 17.7 Å². The van der Waals surface area contributed by atoms with Gasteiger partial charge < -0.3 is 14.0 Å². The first-order valence-corrected chi connectivity index (χ1v) is 13.0. The van der Waals surface area contributed by atoms with Crippen molar-refractivity contribution in [3.8, 4) is 5.75 Å². The van der Waals surface area contributed by atoms with Crippen molar-refractivity contribution in [1.82, 2.24) is 4.72 Å². The van der Waals surface area contributed by atoms with E-state index >= 15 is 0 Å². The molecule has 1 aromatic carbocycles. The summed E-state index contributed by atoms with van der Waals surface area (Å²) in [4.78, 5) is 0.411. The summed E-state index contributed by atoms with van der Waals surface area (Å²) in [5.41, 5.74) is 3.00. The van der Waals surface area contributed by atoms with E-state index in [-0.39, 0.29) is 5.75 Å². The molecule has 4 rings (SSSR count). The molecule has 1 N–H and O–H groups in total. The number of alkyl halides is 3. The van der Waals surface area contributed by atoms with Gasteiger partial charge in [-0.15, -0.1) is 17.9 Å². The number of hydrogen-bond acceptors (Lipinski definition) is 4. The molecule has 1 aromatic rings. The van der Waals surface area contributed by atoms with Gasteiger partial charge in [0.2, 0.25) is 0 Å². The molecule has 0 heterocycles. The lowest BCUT2D eigenvalue weighted by atomic mass is 9.87. The highest BCUT2D eigenvalue weighted by atomic mass is 32.2. The van der Waals surface area contributed by atoms with Gasteiger partial charge in [-0.25, -0.2) is 0 Å². The van der Waals surface area contributed by atoms with E-state index in [1.165, 1.54) is 23.3 Å². The molecule has 0 spiro atoms. The second kappa shape index (κ2) is 11.5. The number of halogens is 3. The lowest BCUT2D eigenvalue weighted by Crippen LogP contribution is -2.24. The standard InChI is InChI=1S/C26H30F3NO3S/c27-26(28,29)33-20-12-14-21(15-13-20)34(31)30-16-5-1-2-6-17-32-25-11-7-10-23-22-9-4-3-8-19(22)18-24(23)25/h7-15,23-24,30H,1-6,16-18H2. The summed E-state index contributed by atoms with van der Waals surface area (Å²) >= 11 is -1.47. The fourth-order valence-electron chi connectivity index (χ4n) is 4.73. The average molecular weight is 494 g/mol. The molecule has 3 aliphatic rings. The van der Waals surface area contributed by atoms with Gasteiger partial charge in [0.1, 0.15) is 11.5 Å². The Morgan fingerprint density at radius 3 is 2.59 bits per heavy atom. The summed E-state index contributed by atoms with van der Waals surface area (Å²) in [7, 11) is 0. The minimum absolute atomic E-state index is 0.327. The smallest absolute Gasteiger partial charge is 0.573 e. The number of hydrogen-bond donors (Lipinski definition) is 1. The van der Waals surface area contributed by atoms with Gasteiger partial charge in [0, 0.05) is 18.4 Å². The van der Waals surface area contributed by atoms with Crippen LogP contribution in [0.3, 0.4) is 0 Å². The fourth-order valence-corrected chi connectivity index (χ4v) is 5.60. The molecule has 34 heavy (non-hydrogen) atoms. The number of ether oxygens (including phenoxy) is 2. The normalized spacial score (nSPS) is 22.3. The topological polar surface area (TPSA) is 53.5 Å². The molecule has 0 saturated heterocycles. The Balaban J connectivity index is 1.08. The monoisotopic (exact) mass is 493 g/mol. The Hall–Kier alpha value is -2.16. The van der Waals surface area contributed by atoms with Crippen LogP contribution in [-0.2, 0) is 16.1 Å². The molecule has 3 aliphatic carbocycles. The number of allylic oxidation sites excluding steroid dienone is 8. The zero-order chi connectivity index (χ0) is 24.0. The number of benzene rings is 1. The fraction of sp³-hybridized carbons (Fsp3) is 0.462. The molecular formula is C26H30F3NO3S. The van der Waals surface area contributed by atoms with Crippen LogP contribution in [0.5, 0.6) is 5.75 Å². The molecule has 0 radical (unpaired) electrons. The van der Waals surface area contributed by atoms with E-state index in [2.05, 4.69) is 39.8 Å². The van der Waals surface area contributed by atoms with Gasteiger partial charge in [0.15, 0.2) is 4.90 Å². The molecule has 1 saturated carbocycles. The molecule has 0 amide bonds. The number of rotatable bonds is 11. The van der Waals surface area contributed by atoms with E-state index in [0.29, 0.717) is 29.9 Å². The minimum Gasteiger partial charge on any atom is -0.593 e. The van der Waals surface area contributed by atoms with E-state index in [4.69, 9.17) is 4.74 Å². The van der Waals surface area contributed by atoms with Gasteiger partial charge in [-0.2, -0.15) is 0 Å². The average Bonchev–Trinajstić information content (AvgIpc) is 3.19. The van der Waals surface area contributed by atoms with Crippen LogP contribution in [0.4, 0.5) is 13.2 Å². The lowest BCUT2D eigenvalue weighted by molar-refractivity contribution is -0.274. The number of unbranched alkanes of at least 4 members (excludes halogenated alkanes) is 3. The predicted molar refractivity (Wildman–Crippen MR) is 126 cm³/mol. The summed E-state index contributed by atoms with van der Waals surface area (Å²) in [5, 5.41) is 0. The predicted octanol–water partition coefficient (Wildman–Crippen LogP) is 6.51. The van der Waals surface area contributed by atoms with Crippen molar-refractivity contribution in [1.29, 1.82) is 0 Å². The Bertz CT molecular complexity index is 953.